The second-order valence-electron chi connectivity index (χ2n) is 3.53. The summed E-state index contributed by atoms with van der Waals surface area (Å²) in [4.78, 5) is 4.09. The van der Waals surface area contributed by atoms with Gasteiger partial charge in [0.05, 0.1) is 6.61 Å². The summed E-state index contributed by atoms with van der Waals surface area (Å²) in [7, 11) is 0. The number of aryl methyl sites for hydroxylation is 1. The molecule has 0 atom stereocenters. The highest BCUT2D eigenvalue weighted by Crippen LogP contribution is 2.17. The topological polar surface area (TPSA) is 39.9 Å². The molecule has 0 bridgehead atoms. The summed E-state index contributed by atoms with van der Waals surface area (Å²) < 4.78 is 8.63. The van der Waals surface area contributed by atoms with E-state index in [9.17, 15) is 0 Å². The number of rotatable bonds is 5. The fourth-order valence-electron chi connectivity index (χ4n) is 1.40. The first-order valence-electron chi connectivity index (χ1n) is 5.29. The van der Waals surface area contributed by atoms with Gasteiger partial charge in [0.1, 0.15) is 5.75 Å². The minimum absolute atomic E-state index is 0.574. The van der Waals surface area contributed by atoms with Gasteiger partial charge in [0.25, 0.3) is 0 Å². The van der Waals surface area contributed by atoms with E-state index in [0.717, 1.165) is 18.7 Å². The third-order valence-electron chi connectivity index (χ3n) is 2.18. The maximum atomic E-state index is 5.86. The van der Waals surface area contributed by atoms with Crippen molar-refractivity contribution >= 4 is 43.5 Å². The predicted octanol–water partition coefficient (Wildman–Crippen LogP) is 3.93. The standard InChI is InChI=1S/C11H10Br2ClN3O/c12-10-15-11(13)17(16-10)5-2-6-18-9-4-1-3-8(14)7-9/h1,3-4,7H,2,5-6H2. The van der Waals surface area contributed by atoms with Gasteiger partial charge in [-0.05, 0) is 50.1 Å². The van der Waals surface area contributed by atoms with Gasteiger partial charge in [-0.2, -0.15) is 4.98 Å². The molecule has 0 radical (unpaired) electrons. The summed E-state index contributed by atoms with van der Waals surface area (Å²) in [5.41, 5.74) is 0. The number of benzene rings is 1. The van der Waals surface area contributed by atoms with Crippen LogP contribution in [0.5, 0.6) is 5.75 Å². The first-order chi connectivity index (χ1) is 8.65. The highest BCUT2D eigenvalue weighted by molar-refractivity contribution is 9.11. The Morgan fingerprint density at radius 3 is 2.83 bits per heavy atom. The van der Waals surface area contributed by atoms with Gasteiger partial charge in [-0.3, -0.25) is 0 Å². The quantitative estimate of drug-likeness (QED) is 0.721. The molecule has 2 rings (SSSR count). The van der Waals surface area contributed by atoms with Gasteiger partial charge in [0.15, 0.2) is 4.73 Å². The van der Waals surface area contributed by atoms with Crippen molar-refractivity contribution in [3.8, 4) is 5.75 Å². The third-order valence-corrected chi connectivity index (χ3v) is 3.34. The molecule has 0 spiro atoms. The molecule has 4 nitrogen and oxygen atoms in total. The molecule has 0 N–H and O–H groups in total. The van der Waals surface area contributed by atoms with Crippen molar-refractivity contribution in [2.75, 3.05) is 6.61 Å². The Hall–Kier alpha value is -0.590. The summed E-state index contributed by atoms with van der Waals surface area (Å²) >= 11 is 12.4. The summed E-state index contributed by atoms with van der Waals surface area (Å²) in [5, 5.41) is 4.84. The van der Waals surface area contributed by atoms with Crippen LogP contribution in [0, 0.1) is 0 Å². The van der Waals surface area contributed by atoms with Crippen LogP contribution in [-0.2, 0) is 6.54 Å². The van der Waals surface area contributed by atoms with Crippen molar-refractivity contribution in [3.05, 3.63) is 38.8 Å². The fraction of sp³-hybridized carbons (Fsp3) is 0.273. The van der Waals surface area contributed by atoms with Gasteiger partial charge in [0.2, 0.25) is 4.73 Å². The van der Waals surface area contributed by atoms with Crippen molar-refractivity contribution in [2.45, 2.75) is 13.0 Å². The Bertz CT molecular complexity index is 533. The van der Waals surface area contributed by atoms with Crippen LogP contribution in [0.25, 0.3) is 0 Å². The van der Waals surface area contributed by atoms with E-state index in [1.54, 1.807) is 10.7 Å². The van der Waals surface area contributed by atoms with Crippen molar-refractivity contribution in [3.63, 3.8) is 0 Å². The van der Waals surface area contributed by atoms with Crippen molar-refractivity contribution < 1.29 is 4.74 Å². The van der Waals surface area contributed by atoms with Crippen LogP contribution >= 0.6 is 43.5 Å². The summed E-state index contributed by atoms with van der Waals surface area (Å²) in [5.74, 6) is 0.779. The van der Waals surface area contributed by atoms with Crippen LogP contribution in [0.2, 0.25) is 5.02 Å². The number of nitrogens with zero attached hydrogens (tertiary/aromatic N) is 3. The monoisotopic (exact) mass is 393 g/mol. The normalized spacial score (nSPS) is 10.6. The fourth-order valence-corrected chi connectivity index (χ4v) is 2.60. The van der Waals surface area contributed by atoms with Gasteiger partial charge < -0.3 is 4.74 Å². The Morgan fingerprint density at radius 1 is 1.33 bits per heavy atom. The first-order valence-corrected chi connectivity index (χ1v) is 7.26. The average molecular weight is 395 g/mol. The van der Waals surface area contributed by atoms with Crippen molar-refractivity contribution in [1.29, 1.82) is 0 Å². The molecule has 1 heterocycles. The van der Waals surface area contributed by atoms with E-state index < -0.39 is 0 Å². The smallest absolute Gasteiger partial charge is 0.218 e. The van der Waals surface area contributed by atoms with Gasteiger partial charge in [-0.1, -0.05) is 17.7 Å². The zero-order chi connectivity index (χ0) is 13.0. The van der Waals surface area contributed by atoms with Crippen LogP contribution in [0.1, 0.15) is 6.42 Å². The predicted molar refractivity (Wildman–Crippen MR) is 77.0 cm³/mol. The third kappa shape index (κ3) is 3.96. The number of hydrogen-bond acceptors (Lipinski definition) is 3. The molecule has 2 aromatic rings. The number of ether oxygens (including phenoxy) is 1. The maximum Gasteiger partial charge on any atom is 0.218 e. The molecule has 0 saturated carbocycles. The first kappa shape index (κ1) is 13.8. The zero-order valence-corrected chi connectivity index (χ0v) is 13.2. The molecular formula is C11H10Br2ClN3O. The van der Waals surface area contributed by atoms with E-state index in [4.69, 9.17) is 16.3 Å². The van der Waals surface area contributed by atoms with Crippen LogP contribution in [0.3, 0.4) is 0 Å². The van der Waals surface area contributed by atoms with Crippen LogP contribution < -0.4 is 4.74 Å². The molecule has 1 aromatic heterocycles. The van der Waals surface area contributed by atoms with E-state index in [-0.39, 0.29) is 0 Å². The molecule has 7 heteroatoms. The summed E-state index contributed by atoms with van der Waals surface area (Å²) in [6.45, 7) is 1.34. The number of hydrogen-bond donors (Lipinski definition) is 0. The van der Waals surface area contributed by atoms with Crippen molar-refractivity contribution in [1.82, 2.24) is 14.8 Å². The average Bonchev–Trinajstić information content (AvgIpc) is 2.64. The molecule has 0 amide bonds. The highest BCUT2D eigenvalue weighted by atomic mass is 79.9. The Morgan fingerprint density at radius 2 is 2.17 bits per heavy atom. The minimum atomic E-state index is 0.574. The highest BCUT2D eigenvalue weighted by Gasteiger charge is 2.04. The SMILES string of the molecule is Clc1cccc(OCCCn2nc(Br)nc2Br)c1. The van der Waals surface area contributed by atoms with Gasteiger partial charge in [-0.25, -0.2) is 4.68 Å². The second kappa shape index (κ2) is 6.54. The molecule has 0 fully saturated rings. The van der Waals surface area contributed by atoms with Crippen LogP contribution in [-0.4, -0.2) is 21.4 Å². The Kier molecular flexibility index (Phi) is 5.03. The van der Waals surface area contributed by atoms with Gasteiger partial charge >= 0.3 is 0 Å². The lowest BCUT2D eigenvalue weighted by atomic mass is 10.3. The summed E-state index contributed by atoms with van der Waals surface area (Å²) in [6, 6.07) is 7.36. The largest absolute Gasteiger partial charge is 0.493 e. The van der Waals surface area contributed by atoms with Crippen LogP contribution in [0.4, 0.5) is 0 Å². The second-order valence-corrected chi connectivity index (χ2v) is 5.39. The van der Waals surface area contributed by atoms with Gasteiger partial charge in [0, 0.05) is 18.0 Å². The van der Waals surface area contributed by atoms with E-state index in [0.29, 0.717) is 21.1 Å². The molecule has 0 aliphatic rings. The molecule has 0 aliphatic carbocycles. The zero-order valence-electron chi connectivity index (χ0n) is 9.31. The lowest BCUT2D eigenvalue weighted by Gasteiger charge is -2.06. The van der Waals surface area contributed by atoms with E-state index in [1.165, 1.54) is 0 Å². The molecular weight excluding hydrogens is 385 g/mol. The maximum absolute atomic E-state index is 5.86. The number of aromatic nitrogens is 3. The van der Waals surface area contributed by atoms with Gasteiger partial charge in [-0.15, -0.1) is 5.10 Å². The van der Waals surface area contributed by atoms with E-state index in [2.05, 4.69) is 41.9 Å². The molecule has 0 aliphatic heterocycles. The molecule has 1 aromatic carbocycles. The Balaban J connectivity index is 1.78. The lowest BCUT2D eigenvalue weighted by Crippen LogP contribution is -2.06. The van der Waals surface area contributed by atoms with E-state index >= 15 is 0 Å². The number of halogens is 3. The van der Waals surface area contributed by atoms with E-state index in [1.807, 2.05) is 18.2 Å². The van der Waals surface area contributed by atoms with Crippen LogP contribution in [0.15, 0.2) is 33.7 Å². The molecule has 0 unspecified atom stereocenters. The minimum Gasteiger partial charge on any atom is -0.493 e. The Labute approximate surface area is 127 Å². The molecule has 18 heavy (non-hydrogen) atoms. The molecule has 0 saturated heterocycles. The summed E-state index contributed by atoms with van der Waals surface area (Å²) in [6.07, 6.45) is 0.834. The molecule has 96 valence electrons. The van der Waals surface area contributed by atoms with Crippen molar-refractivity contribution in [2.24, 2.45) is 0 Å². The lowest BCUT2D eigenvalue weighted by molar-refractivity contribution is 0.298.